The fraction of sp³-hybridized carbons (Fsp3) is 0.400. The minimum Gasteiger partial charge on any atom is -0.494 e. The molecule has 16 nitrogen and oxygen atoms in total. The fourth-order valence-electron chi connectivity index (χ4n) is 10.0. The third-order valence-electron chi connectivity index (χ3n) is 14.6. The van der Waals surface area contributed by atoms with E-state index in [1.54, 1.807) is 29.4 Å². The van der Waals surface area contributed by atoms with Crippen LogP contribution in [0.2, 0.25) is 0 Å². The van der Waals surface area contributed by atoms with Crippen LogP contribution in [0.5, 0.6) is 28.7 Å². The number of para-hydroxylation sites is 2. The number of rotatable bonds is 33. The molecule has 2 saturated carbocycles. The summed E-state index contributed by atoms with van der Waals surface area (Å²) < 4.78 is 35.4. The molecule has 2 fully saturated rings. The van der Waals surface area contributed by atoms with Crippen molar-refractivity contribution >= 4 is 56.5 Å². The van der Waals surface area contributed by atoms with E-state index in [0.29, 0.717) is 80.9 Å². The number of esters is 3. The van der Waals surface area contributed by atoms with E-state index >= 15 is 0 Å². The predicted octanol–water partition coefficient (Wildman–Crippen LogP) is 14.7. The molecule has 6 aromatic rings. The van der Waals surface area contributed by atoms with Crippen LogP contribution in [0.1, 0.15) is 120 Å². The summed E-state index contributed by atoms with van der Waals surface area (Å²) in [7, 11) is 0. The standard InChI is InChI=1S/C65H75N3O13S/c1-3-61(69)75-42-16-7-5-14-40-73-53-30-26-49(27-31-53)63(80-72)48-24-22-47(23-25-48)46-77-81-59-39-38-57(44-51(59)45-66-68(52-18-10-9-11-19-52)65-67-58-20-12-13-21-60(58)82-65)79-64(71)50-28-32-55(33-29-50)78-56-36-34-54(35-37-56)74-41-15-6-8-17-43-76-62(70)4-2/h3-4,9-13,18-21,26-27,30-31,34-39,44-45,47-48,50,55,63,72H,1-2,5-8,14-17,22-25,28-29,32-33,40-43,46H2. The lowest BCUT2D eigenvalue weighted by Crippen LogP contribution is -2.30. The Morgan fingerprint density at radius 3 is 1.87 bits per heavy atom. The summed E-state index contributed by atoms with van der Waals surface area (Å²) in [6.07, 6.45) is 16.8. The van der Waals surface area contributed by atoms with Gasteiger partial charge < -0.3 is 33.3 Å². The molecule has 1 atom stereocenters. The van der Waals surface area contributed by atoms with Crippen LogP contribution < -0.4 is 28.8 Å². The van der Waals surface area contributed by atoms with E-state index in [0.717, 1.165) is 116 Å². The quantitative estimate of drug-likeness (QED) is 0.00780. The number of ether oxygens (including phenoxy) is 6. The number of hydrazone groups is 1. The molecule has 5 aromatic carbocycles. The molecule has 17 heteroatoms. The molecule has 0 saturated heterocycles. The zero-order chi connectivity index (χ0) is 57.1. The summed E-state index contributed by atoms with van der Waals surface area (Å²) in [6, 6.07) is 38.3. The minimum atomic E-state index is -0.474. The molecule has 1 heterocycles. The highest BCUT2D eigenvalue weighted by Crippen LogP contribution is 2.40. The van der Waals surface area contributed by atoms with Gasteiger partial charge in [0.1, 0.15) is 29.1 Å². The van der Waals surface area contributed by atoms with Crippen molar-refractivity contribution in [1.29, 1.82) is 0 Å². The first kappa shape index (κ1) is 60.5. The summed E-state index contributed by atoms with van der Waals surface area (Å²) in [5.41, 5.74) is 3.09. The van der Waals surface area contributed by atoms with Crippen LogP contribution in [0.15, 0.2) is 152 Å². The maximum Gasteiger partial charge on any atom is 0.330 e. The zero-order valence-corrected chi connectivity index (χ0v) is 47.3. The highest BCUT2D eigenvalue weighted by Gasteiger charge is 2.31. The van der Waals surface area contributed by atoms with Gasteiger partial charge in [-0.1, -0.05) is 67.0 Å². The van der Waals surface area contributed by atoms with Crippen molar-refractivity contribution < 1.29 is 62.7 Å². The molecule has 8 rings (SSSR count). The third-order valence-corrected chi connectivity index (χ3v) is 15.7. The molecule has 0 radical (unpaired) electrons. The van der Waals surface area contributed by atoms with Gasteiger partial charge in [0.25, 0.3) is 0 Å². The average Bonchev–Trinajstić information content (AvgIpc) is 4.19. The van der Waals surface area contributed by atoms with Crippen LogP contribution in [0.3, 0.4) is 0 Å². The van der Waals surface area contributed by atoms with Gasteiger partial charge in [0.15, 0.2) is 5.75 Å². The van der Waals surface area contributed by atoms with Crippen molar-refractivity contribution in [3.05, 3.63) is 158 Å². The van der Waals surface area contributed by atoms with Crippen molar-refractivity contribution in [1.82, 2.24) is 4.98 Å². The minimum absolute atomic E-state index is 0.0296. The first-order valence-electron chi connectivity index (χ1n) is 28.7. The van der Waals surface area contributed by atoms with Gasteiger partial charge in [-0.3, -0.25) is 10.1 Å². The van der Waals surface area contributed by atoms with E-state index in [2.05, 4.69) is 13.2 Å². The SMILES string of the molecule is C=CC(=O)OCCCCCCOc1ccc(OC2CCC(C(=O)Oc3ccc(OOCC4CCC(C(OO)c5ccc(OCCCCCCOC(=O)C=C)cc5)CC4)c(C=NN(c4ccccc4)c4nc5ccccc5s4)c3)CC2)cc1. The van der Waals surface area contributed by atoms with Gasteiger partial charge in [0.05, 0.1) is 67.2 Å². The second-order valence-corrected chi connectivity index (χ2v) is 21.6. The second kappa shape index (κ2) is 32.8. The van der Waals surface area contributed by atoms with Crippen LogP contribution in [0.25, 0.3) is 10.2 Å². The number of fused-ring (bicyclic) bond motifs is 1. The summed E-state index contributed by atoms with van der Waals surface area (Å²) in [6.45, 7) is 9.13. The second-order valence-electron chi connectivity index (χ2n) is 20.6. The molecule has 1 N–H and O–H groups in total. The van der Waals surface area contributed by atoms with Gasteiger partial charge in [-0.15, -0.1) is 0 Å². The van der Waals surface area contributed by atoms with Gasteiger partial charge in [-0.2, -0.15) is 9.99 Å². The van der Waals surface area contributed by atoms with Crippen LogP contribution in [-0.2, 0) is 33.6 Å². The van der Waals surface area contributed by atoms with Crippen molar-refractivity contribution in [3.63, 3.8) is 0 Å². The average molecular weight is 1140 g/mol. The number of hydrogen-bond acceptors (Lipinski definition) is 17. The van der Waals surface area contributed by atoms with Gasteiger partial charge in [0.2, 0.25) is 5.13 Å². The summed E-state index contributed by atoms with van der Waals surface area (Å²) in [4.78, 5) is 58.2. The first-order valence-corrected chi connectivity index (χ1v) is 29.5. The Kier molecular flexibility index (Phi) is 24.2. The lowest BCUT2D eigenvalue weighted by Gasteiger charge is -2.32. The smallest absolute Gasteiger partial charge is 0.330 e. The number of nitrogens with zero attached hydrogens (tertiary/aromatic N) is 3. The van der Waals surface area contributed by atoms with E-state index in [-0.39, 0.29) is 29.8 Å². The maximum atomic E-state index is 13.8. The fourth-order valence-corrected chi connectivity index (χ4v) is 11.0. The molecule has 2 aliphatic carbocycles. The lowest BCUT2D eigenvalue weighted by atomic mass is 9.78. The Morgan fingerprint density at radius 2 is 1.24 bits per heavy atom. The number of aromatic nitrogens is 1. The maximum absolute atomic E-state index is 13.8. The molecular formula is C65H75N3O13S. The summed E-state index contributed by atoms with van der Waals surface area (Å²) in [5.74, 6) is 1.97. The van der Waals surface area contributed by atoms with Crippen molar-refractivity contribution in [2.75, 3.05) is 38.0 Å². The van der Waals surface area contributed by atoms with E-state index in [1.165, 1.54) is 23.5 Å². The molecule has 0 bridgehead atoms. The Morgan fingerprint density at radius 1 is 0.659 bits per heavy atom. The number of thiazole rings is 1. The van der Waals surface area contributed by atoms with Gasteiger partial charge in [-0.05, 0) is 199 Å². The molecule has 0 aliphatic heterocycles. The van der Waals surface area contributed by atoms with Crippen LogP contribution in [0.4, 0.5) is 10.8 Å². The molecular weight excluding hydrogens is 1060 g/mol. The van der Waals surface area contributed by atoms with Gasteiger partial charge in [0, 0.05) is 17.7 Å². The van der Waals surface area contributed by atoms with E-state index in [9.17, 15) is 19.6 Å². The van der Waals surface area contributed by atoms with Gasteiger partial charge in [-0.25, -0.2) is 24.5 Å². The predicted molar refractivity (Wildman–Crippen MR) is 316 cm³/mol. The molecule has 434 valence electrons. The molecule has 1 unspecified atom stereocenters. The molecule has 0 spiro atoms. The highest BCUT2D eigenvalue weighted by atomic mass is 32.1. The molecule has 82 heavy (non-hydrogen) atoms. The highest BCUT2D eigenvalue weighted by molar-refractivity contribution is 7.22. The summed E-state index contributed by atoms with van der Waals surface area (Å²) >= 11 is 1.53. The number of carbonyl (C=O) groups is 3. The topological polar surface area (TPSA) is 183 Å². The van der Waals surface area contributed by atoms with Crippen LogP contribution in [-0.4, -0.2) is 73.5 Å². The Labute approximate surface area is 484 Å². The number of carbonyl (C=O) groups excluding carboxylic acids is 3. The Balaban J connectivity index is 0.829. The molecule has 0 amide bonds. The number of unbranched alkanes of at least 4 members (excludes halogenated alkanes) is 6. The van der Waals surface area contributed by atoms with E-state index in [4.69, 9.17) is 53.2 Å². The number of hydrogen-bond donors (Lipinski definition) is 1. The first-order chi connectivity index (χ1) is 40.2. The number of benzene rings is 5. The monoisotopic (exact) mass is 1140 g/mol. The van der Waals surface area contributed by atoms with Crippen LogP contribution in [0, 0.1) is 17.8 Å². The third kappa shape index (κ3) is 19.0. The lowest BCUT2D eigenvalue weighted by molar-refractivity contribution is -0.296. The molecule has 2 aliphatic rings. The van der Waals surface area contributed by atoms with Crippen molar-refractivity contribution in [2.45, 2.75) is 115 Å². The van der Waals surface area contributed by atoms with E-state index < -0.39 is 18.0 Å². The van der Waals surface area contributed by atoms with Crippen molar-refractivity contribution in [3.8, 4) is 28.7 Å². The Bertz CT molecular complexity index is 2920. The number of anilines is 2. The van der Waals surface area contributed by atoms with Gasteiger partial charge >= 0.3 is 17.9 Å². The van der Waals surface area contributed by atoms with Crippen molar-refractivity contribution in [2.24, 2.45) is 22.9 Å². The largest absolute Gasteiger partial charge is 0.494 e. The normalized spacial score (nSPS) is 17.3. The summed E-state index contributed by atoms with van der Waals surface area (Å²) in [5, 5.41) is 17.5. The Hall–Kier alpha value is -7.57. The zero-order valence-electron chi connectivity index (χ0n) is 46.5. The molecule has 1 aromatic heterocycles. The van der Waals surface area contributed by atoms with E-state index in [1.807, 2.05) is 103 Å². The van der Waals surface area contributed by atoms with Crippen LogP contribution >= 0.6 is 11.3 Å².